The fourth-order valence-electron chi connectivity index (χ4n) is 1.95. The summed E-state index contributed by atoms with van der Waals surface area (Å²) in [5.41, 5.74) is 2.07. The highest BCUT2D eigenvalue weighted by molar-refractivity contribution is 9.10. The molecule has 0 aliphatic carbocycles. The van der Waals surface area contributed by atoms with Gasteiger partial charge in [-0.15, -0.1) is 0 Å². The van der Waals surface area contributed by atoms with E-state index >= 15 is 0 Å². The van der Waals surface area contributed by atoms with Crippen molar-refractivity contribution in [2.75, 3.05) is 0 Å². The van der Waals surface area contributed by atoms with Crippen LogP contribution in [-0.2, 0) is 4.74 Å². The van der Waals surface area contributed by atoms with Gasteiger partial charge in [0, 0.05) is 5.56 Å². The Morgan fingerprint density at radius 1 is 1.11 bits per heavy atom. The Labute approximate surface area is 117 Å². The summed E-state index contributed by atoms with van der Waals surface area (Å²) in [6.45, 7) is 0. The molecule has 1 heterocycles. The predicted molar refractivity (Wildman–Crippen MR) is 73.8 cm³/mol. The lowest BCUT2D eigenvalue weighted by molar-refractivity contribution is 0.0717. The first kappa shape index (κ1) is 12.1. The molecule has 0 spiro atoms. The number of rotatable bonds is 1. The normalized spacial score (nSPS) is 15.5. The summed E-state index contributed by atoms with van der Waals surface area (Å²) in [6, 6.07) is 11.8. The van der Waals surface area contributed by atoms with Crippen molar-refractivity contribution < 1.29 is 13.9 Å². The van der Waals surface area contributed by atoms with E-state index in [9.17, 15) is 9.18 Å². The number of cyclic esters (lactones) is 1. The van der Waals surface area contributed by atoms with Crippen LogP contribution in [0.4, 0.5) is 4.39 Å². The highest BCUT2D eigenvalue weighted by Gasteiger charge is 2.25. The third-order valence-electron chi connectivity index (χ3n) is 2.86. The van der Waals surface area contributed by atoms with Crippen LogP contribution in [-0.4, -0.2) is 5.97 Å². The predicted octanol–water partition coefficient (Wildman–Crippen LogP) is 4.26. The Hall–Kier alpha value is -1.94. The molecular weight excluding hydrogens is 311 g/mol. The van der Waals surface area contributed by atoms with Crippen LogP contribution >= 0.6 is 15.9 Å². The molecule has 0 unspecified atom stereocenters. The highest BCUT2D eigenvalue weighted by Crippen LogP contribution is 2.31. The molecule has 2 aromatic carbocycles. The molecular formula is C15H8BrFO2. The van der Waals surface area contributed by atoms with Crippen molar-refractivity contribution in [3.8, 4) is 0 Å². The number of hydrogen-bond donors (Lipinski definition) is 0. The molecule has 94 valence electrons. The number of carbonyl (C=O) groups excluding carboxylic acids is 1. The molecule has 0 saturated heterocycles. The van der Waals surface area contributed by atoms with Gasteiger partial charge in [0.15, 0.2) is 0 Å². The van der Waals surface area contributed by atoms with Gasteiger partial charge in [-0.05, 0) is 45.8 Å². The molecule has 0 saturated carbocycles. The minimum Gasteiger partial charge on any atom is -0.422 e. The molecule has 1 aliphatic heterocycles. The van der Waals surface area contributed by atoms with Crippen LogP contribution in [0, 0.1) is 5.82 Å². The Kier molecular flexibility index (Phi) is 2.95. The highest BCUT2D eigenvalue weighted by atomic mass is 79.9. The second kappa shape index (κ2) is 4.63. The van der Waals surface area contributed by atoms with Crippen molar-refractivity contribution >= 4 is 33.7 Å². The fourth-order valence-corrected chi connectivity index (χ4v) is 2.34. The fraction of sp³-hybridized carbons (Fsp3) is 0. The molecule has 0 fully saturated rings. The van der Waals surface area contributed by atoms with Crippen LogP contribution in [0.2, 0.25) is 0 Å². The third-order valence-corrected chi connectivity index (χ3v) is 3.46. The van der Waals surface area contributed by atoms with Crippen LogP contribution < -0.4 is 0 Å². The van der Waals surface area contributed by atoms with Gasteiger partial charge in [-0.2, -0.15) is 0 Å². The smallest absolute Gasteiger partial charge is 0.344 e. The molecule has 2 aromatic rings. The second-order valence-corrected chi connectivity index (χ2v) is 4.97. The average molecular weight is 319 g/mol. The van der Waals surface area contributed by atoms with Crippen molar-refractivity contribution in [3.63, 3.8) is 0 Å². The van der Waals surface area contributed by atoms with Gasteiger partial charge in [0.25, 0.3) is 0 Å². The van der Waals surface area contributed by atoms with E-state index in [1.54, 1.807) is 30.3 Å². The summed E-state index contributed by atoms with van der Waals surface area (Å²) < 4.78 is 18.8. The monoisotopic (exact) mass is 318 g/mol. The van der Waals surface area contributed by atoms with Crippen molar-refractivity contribution in [2.45, 2.75) is 0 Å². The van der Waals surface area contributed by atoms with Gasteiger partial charge >= 0.3 is 5.97 Å². The average Bonchev–Trinajstić information content (AvgIpc) is 2.72. The Balaban J connectivity index is 2.06. The quantitative estimate of drug-likeness (QED) is 0.734. The number of benzene rings is 2. The lowest BCUT2D eigenvalue weighted by Gasteiger charge is -2.00. The van der Waals surface area contributed by atoms with E-state index in [0.717, 1.165) is 11.1 Å². The van der Waals surface area contributed by atoms with Gasteiger partial charge in [-0.3, -0.25) is 0 Å². The SMILES string of the molecule is O=C1O/C(=C/c2ccc(F)c(Br)c2)c2ccccc21. The molecule has 2 nitrogen and oxygen atoms in total. The van der Waals surface area contributed by atoms with E-state index in [2.05, 4.69) is 15.9 Å². The maximum Gasteiger partial charge on any atom is 0.344 e. The first-order chi connectivity index (χ1) is 9.15. The van der Waals surface area contributed by atoms with Crippen LogP contribution in [0.3, 0.4) is 0 Å². The largest absolute Gasteiger partial charge is 0.422 e. The van der Waals surface area contributed by atoms with Crippen molar-refractivity contribution in [1.29, 1.82) is 0 Å². The zero-order chi connectivity index (χ0) is 13.4. The zero-order valence-corrected chi connectivity index (χ0v) is 11.3. The van der Waals surface area contributed by atoms with Gasteiger partial charge < -0.3 is 4.74 Å². The van der Waals surface area contributed by atoms with Crippen molar-refractivity contribution in [1.82, 2.24) is 0 Å². The van der Waals surface area contributed by atoms with E-state index < -0.39 is 0 Å². The Bertz CT molecular complexity index is 707. The summed E-state index contributed by atoms with van der Waals surface area (Å²) in [5, 5.41) is 0. The Morgan fingerprint density at radius 3 is 2.58 bits per heavy atom. The lowest BCUT2D eigenvalue weighted by Crippen LogP contribution is -1.92. The number of esters is 1. The molecule has 0 aromatic heterocycles. The van der Waals surface area contributed by atoms with Crippen LogP contribution in [0.15, 0.2) is 46.9 Å². The lowest BCUT2D eigenvalue weighted by atomic mass is 10.1. The van der Waals surface area contributed by atoms with E-state index in [1.807, 2.05) is 12.1 Å². The minimum absolute atomic E-state index is 0.328. The first-order valence-electron chi connectivity index (χ1n) is 5.63. The molecule has 0 amide bonds. The summed E-state index contributed by atoms with van der Waals surface area (Å²) in [4.78, 5) is 11.7. The summed E-state index contributed by atoms with van der Waals surface area (Å²) >= 11 is 3.13. The molecule has 4 heteroatoms. The second-order valence-electron chi connectivity index (χ2n) is 4.12. The number of fused-ring (bicyclic) bond motifs is 1. The van der Waals surface area contributed by atoms with E-state index in [4.69, 9.17) is 4.74 Å². The summed E-state index contributed by atoms with van der Waals surface area (Å²) in [5.74, 6) is -0.201. The summed E-state index contributed by atoms with van der Waals surface area (Å²) in [7, 11) is 0. The molecule has 0 atom stereocenters. The topological polar surface area (TPSA) is 26.3 Å². The third kappa shape index (κ3) is 2.19. The first-order valence-corrected chi connectivity index (χ1v) is 6.43. The van der Waals surface area contributed by atoms with E-state index in [0.29, 0.717) is 15.8 Å². The number of halogens is 2. The van der Waals surface area contributed by atoms with Crippen LogP contribution in [0.25, 0.3) is 11.8 Å². The van der Waals surface area contributed by atoms with Crippen molar-refractivity contribution in [2.24, 2.45) is 0 Å². The molecule has 3 rings (SSSR count). The maximum absolute atomic E-state index is 13.2. The molecule has 1 aliphatic rings. The zero-order valence-electron chi connectivity index (χ0n) is 9.69. The molecule has 19 heavy (non-hydrogen) atoms. The number of ether oxygens (including phenoxy) is 1. The van der Waals surface area contributed by atoms with E-state index in [1.165, 1.54) is 6.07 Å². The molecule has 0 radical (unpaired) electrons. The maximum atomic E-state index is 13.2. The standard InChI is InChI=1S/C15H8BrFO2/c16-12-7-9(5-6-13(12)17)8-14-10-3-1-2-4-11(10)15(18)19-14/h1-8H/b14-8+. The minimum atomic E-state index is -0.358. The number of hydrogen-bond acceptors (Lipinski definition) is 2. The Morgan fingerprint density at radius 2 is 1.84 bits per heavy atom. The van der Waals surface area contributed by atoms with Gasteiger partial charge in [-0.1, -0.05) is 24.3 Å². The van der Waals surface area contributed by atoms with Gasteiger partial charge in [-0.25, -0.2) is 9.18 Å². The van der Waals surface area contributed by atoms with Gasteiger partial charge in [0.2, 0.25) is 0 Å². The van der Waals surface area contributed by atoms with Crippen LogP contribution in [0.1, 0.15) is 21.5 Å². The van der Waals surface area contributed by atoms with Crippen LogP contribution in [0.5, 0.6) is 0 Å². The number of carbonyl (C=O) groups is 1. The summed E-state index contributed by atoms with van der Waals surface area (Å²) in [6.07, 6.45) is 1.72. The molecule has 0 N–H and O–H groups in total. The van der Waals surface area contributed by atoms with Gasteiger partial charge in [0.05, 0.1) is 10.0 Å². The van der Waals surface area contributed by atoms with Gasteiger partial charge in [0.1, 0.15) is 11.6 Å². The van der Waals surface area contributed by atoms with E-state index in [-0.39, 0.29) is 11.8 Å². The molecule has 0 bridgehead atoms. The van der Waals surface area contributed by atoms with Crippen molar-refractivity contribution in [3.05, 3.63) is 69.4 Å².